The number of carbonyl (C=O) groups is 2. The number of carboxylic acids is 1. The molecule has 2 aliphatic rings. The summed E-state index contributed by atoms with van der Waals surface area (Å²) in [5, 5.41) is 11.5. The SMILES string of the molecule is O=C(O)C1CCN(C(=O)NCCC2(F)CCC2)C1. The van der Waals surface area contributed by atoms with Crippen LogP contribution >= 0.6 is 0 Å². The molecule has 1 saturated heterocycles. The molecule has 1 aliphatic carbocycles. The van der Waals surface area contributed by atoms with Crippen molar-refractivity contribution in [3.63, 3.8) is 0 Å². The lowest BCUT2D eigenvalue weighted by Crippen LogP contribution is -2.42. The lowest BCUT2D eigenvalue weighted by molar-refractivity contribution is -0.141. The first-order valence-corrected chi connectivity index (χ1v) is 6.45. The van der Waals surface area contributed by atoms with Gasteiger partial charge < -0.3 is 15.3 Å². The van der Waals surface area contributed by atoms with Crippen molar-refractivity contribution in [3.8, 4) is 0 Å². The highest BCUT2D eigenvalue weighted by atomic mass is 19.1. The zero-order valence-electron chi connectivity index (χ0n) is 10.3. The van der Waals surface area contributed by atoms with Crippen LogP contribution in [0.5, 0.6) is 0 Å². The highest BCUT2D eigenvalue weighted by Gasteiger charge is 2.36. The lowest BCUT2D eigenvalue weighted by Gasteiger charge is -2.33. The fourth-order valence-corrected chi connectivity index (χ4v) is 2.46. The van der Waals surface area contributed by atoms with E-state index < -0.39 is 17.6 Å². The van der Waals surface area contributed by atoms with Gasteiger partial charge in [0.05, 0.1) is 5.92 Å². The van der Waals surface area contributed by atoms with Crippen molar-refractivity contribution >= 4 is 12.0 Å². The van der Waals surface area contributed by atoms with E-state index in [1.165, 1.54) is 4.90 Å². The van der Waals surface area contributed by atoms with Gasteiger partial charge in [-0.05, 0) is 32.1 Å². The normalized spacial score (nSPS) is 25.6. The van der Waals surface area contributed by atoms with Crippen LogP contribution in [0.4, 0.5) is 9.18 Å². The van der Waals surface area contributed by atoms with Crippen molar-refractivity contribution in [2.75, 3.05) is 19.6 Å². The van der Waals surface area contributed by atoms with Crippen molar-refractivity contribution in [2.45, 2.75) is 37.8 Å². The monoisotopic (exact) mass is 258 g/mol. The quantitative estimate of drug-likeness (QED) is 0.800. The van der Waals surface area contributed by atoms with E-state index in [0.29, 0.717) is 38.8 Å². The molecule has 0 bridgehead atoms. The summed E-state index contributed by atoms with van der Waals surface area (Å²) in [4.78, 5) is 23.9. The summed E-state index contributed by atoms with van der Waals surface area (Å²) in [5.41, 5.74) is -1.08. The second kappa shape index (κ2) is 5.12. The van der Waals surface area contributed by atoms with E-state index in [4.69, 9.17) is 5.11 Å². The Balaban J connectivity index is 1.67. The van der Waals surface area contributed by atoms with E-state index in [0.717, 1.165) is 6.42 Å². The van der Waals surface area contributed by atoms with Gasteiger partial charge in [0.2, 0.25) is 0 Å². The molecule has 2 amide bonds. The number of nitrogens with one attached hydrogen (secondary N) is 1. The number of rotatable bonds is 4. The third-order valence-corrected chi connectivity index (χ3v) is 3.92. The molecule has 18 heavy (non-hydrogen) atoms. The Morgan fingerprint density at radius 1 is 1.44 bits per heavy atom. The predicted octanol–water partition coefficient (Wildman–Crippen LogP) is 1.38. The molecule has 0 radical (unpaired) electrons. The van der Waals surface area contributed by atoms with Gasteiger partial charge in [-0.2, -0.15) is 0 Å². The number of likely N-dealkylation sites (tertiary alicyclic amines) is 1. The third-order valence-electron chi connectivity index (χ3n) is 3.92. The maximum Gasteiger partial charge on any atom is 0.317 e. The molecule has 0 aromatic carbocycles. The first-order valence-electron chi connectivity index (χ1n) is 6.45. The molecular formula is C12H19FN2O3. The van der Waals surface area contributed by atoms with Crippen LogP contribution in [0.1, 0.15) is 32.1 Å². The zero-order valence-corrected chi connectivity index (χ0v) is 10.3. The maximum absolute atomic E-state index is 13.7. The van der Waals surface area contributed by atoms with E-state index in [1.807, 2.05) is 0 Å². The lowest BCUT2D eigenvalue weighted by atomic mass is 9.80. The summed E-state index contributed by atoms with van der Waals surface area (Å²) >= 11 is 0. The van der Waals surface area contributed by atoms with Gasteiger partial charge in [0.15, 0.2) is 0 Å². The molecule has 6 heteroatoms. The number of carboxylic acid groups (broad SMARTS) is 1. The minimum absolute atomic E-state index is 0.252. The average Bonchev–Trinajstić information content (AvgIpc) is 2.76. The molecule has 1 aliphatic heterocycles. The second-order valence-corrected chi connectivity index (χ2v) is 5.26. The summed E-state index contributed by atoms with van der Waals surface area (Å²) in [5.74, 6) is -1.32. The molecule has 0 aromatic rings. The Bertz CT molecular complexity index is 344. The smallest absolute Gasteiger partial charge is 0.317 e. The van der Waals surface area contributed by atoms with E-state index in [9.17, 15) is 14.0 Å². The van der Waals surface area contributed by atoms with E-state index in [1.54, 1.807) is 0 Å². The van der Waals surface area contributed by atoms with Crippen molar-refractivity contribution < 1.29 is 19.1 Å². The van der Waals surface area contributed by atoms with Gasteiger partial charge in [-0.25, -0.2) is 9.18 Å². The van der Waals surface area contributed by atoms with Crippen LogP contribution < -0.4 is 5.32 Å². The molecule has 1 heterocycles. The highest BCUT2D eigenvalue weighted by molar-refractivity contribution is 5.77. The Morgan fingerprint density at radius 2 is 2.17 bits per heavy atom. The summed E-state index contributed by atoms with van der Waals surface area (Å²) in [6, 6.07) is -0.276. The average molecular weight is 258 g/mol. The van der Waals surface area contributed by atoms with Gasteiger partial charge in [-0.1, -0.05) is 0 Å². The van der Waals surface area contributed by atoms with Crippen LogP contribution in [0.3, 0.4) is 0 Å². The van der Waals surface area contributed by atoms with Gasteiger partial charge in [-0.3, -0.25) is 4.79 Å². The summed E-state index contributed by atoms with van der Waals surface area (Å²) in [6.45, 7) is 1.04. The number of aliphatic carboxylic acids is 1. The fourth-order valence-electron chi connectivity index (χ4n) is 2.46. The van der Waals surface area contributed by atoms with Crippen LogP contribution in [0.2, 0.25) is 0 Å². The van der Waals surface area contributed by atoms with Gasteiger partial charge in [0.1, 0.15) is 5.67 Å². The zero-order chi connectivity index (χ0) is 13.2. The number of urea groups is 1. The number of halogens is 1. The van der Waals surface area contributed by atoms with E-state index in [2.05, 4.69) is 5.32 Å². The second-order valence-electron chi connectivity index (χ2n) is 5.26. The van der Waals surface area contributed by atoms with Gasteiger partial charge in [0.25, 0.3) is 0 Å². The number of nitrogens with zero attached hydrogens (tertiary/aromatic N) is 1. The van der Waals surface area contributed by atoms with Gasteiger partial charge in [-0.15, -0.1) is 0 Å². The van der Waals surface area contributed by atoms with Crippen LogP contribution in [0.25, 0.3) is 0 Å². The number of hydrogen-bond donors (Lipinski definition) is 2. The molecule has 2 fully saturated rings. The standard InChI is InChI=1S/C12H19FN2O3/c13-12(3-1-4-12)5-6-14-11(18)15-7-2-9(8-15)10(16)17/h9H,1-8H2,(H,14,18)(H,16,17). The van der Waals surface area contributed by atoms with Crippen molar-refractivity contribution in [3.05, 3.63) is 0 Å². The molecule has 102 valence electrons. The van der Waals surface area contributed by atoms with Crippen molar-refractivity contribution in [1.82, 2.24) is 10.2 Å². The largest absolute Gasteiger partial charge is 0.481 e. The maximum atomic E-state index is 13.7. The molecule has 2 rings (SSSR count). The molecular weight excluding hydrogens is 239 g/mol. The Morgan fingerprint density at radius 3 is 2.67 bits per heavy atom. The van der Waals surface area contributed by atoms with Crippen LogP contribution in [0, 0.1) is 5.92 Å². The minimum Gasteiger partial charge on any atom is -0.481 e. The summed E-state index contributed by atoms with van der Waals surface area (Å²) in [6.07, 6.45) is 2.96. The summed E-state index contributed by atoms with van der Waals surface area (Å²) < 4.78 is 13.7. The van der Waals surface area contributed by atoms with Crippen LogP contribution in [0.15, 0.2) is 0 Å². The number of amides is 2. The molecule has 1 saturated carbocycles. The summed E-state index contributed by atoms with van der Waals surface area (Å²) in [7, 11) is 0. The Labute approximate surface area is 105 Å². The van der Waals surface area contributed by atoms with Gasteiger partial charge >= 0.3 is 12.0 Å². The molecule has 0 aromatic heterocycles. The molecule has 0 spiro atoms. The molecule has 1 unspecified atom stereocenters. The fraction of sp³-hybridized carbons (Fsp3) is 0.833. The van der Waals surface area contributed by atoms with E-state index >= 15 is 0 Å². The molecule has 2 N–H and O–H groups in total. The van der Waals surface area contributed by atoms with Gasteiger partial charge in [0, 0.05) is 19.6 Å². The van der Waals surface area contributed by atoms with Crippen molar-refractivity contribution in [2.24, 2.45) is 5.92 Å². The molecule has 5 nitrogen and oxygen atoms in total. The van der Waals surface area contributed by atoms with Crippen LogP contribution in [-0.4, -0.2) is 47.3 Å². The van der Waals surface area contributed by atoms with E-state index in [-0.39, 0.29) is 12.6 Å². The minimum atomic E-state index is -1.08. The van der Waals surface area contributed by atoms with Crippen molar-refractivity contribution in [1.29, 1.82) is 0 Å². The topological polar surface area (TPSA) is 69.6 Å². The Kier molecular flexibility index (Phi) is 3.73. The first-order chi connectivity index (χ1) is 8.50. The first kappa shape index (κ1) is 13.1. The predicted molar refractivity (Wildman–Crippen MR) is 63.0 cm³/mol. The van der Waals surface area contributed by atoms with Crippen LogP contribution in [-0.2, 0) is 4.79 Å². The highest BCUT2D eigenvalue weighted by Crippen LogP contribution is 2.38. The third kappa shape index (κ3) is 2.91. The number of carbonyl (C=O) groups excluding carboxylic acids is 1. The molecule has 1 atom stereocenters. The number of alkyl halides is 1. The number of hydrogen-bond acceptors (Lipinski definition) is 2. The Hall–Kier alpha value is -1.33.